The van der Waals surface area contributed by atoms with E-state index >= 15 is 0 Å². The molecule has 0 saturated heterocycles. The molecule has 0 saturated carbocycles. The number of hydrogen-bond donors (Lipinski definition) is 1. The molecule has 0 atom stereocenters. The monoisotopic (exact) mass is 319 g/mol. The summed E-state index contributed by atoms with van der Waals surface area (Å²) in [5.41, 5.74) is 1.58. The number of amides is 1. The maximum atomic E-state index is 12.2. The number of methoxy groups -OCH3 is 2. The highest BCUT2D eigenvalue weighted by atomic mass is 35.5. The lowest BCUT2D eigenvalue weighted by atomic mass is 10.1. The molecule has 0 spiro atoms. The summed E-state index contributed by atoms with van der Waals surface area (Å²) < 4.78 is 10.3. The van der Waals surface area contributed by atoms with Gasteiger partial charge in [-0.1, -0.05) is 23.7 Å². The molecule has 0 aromatic heterocycles. The van der Waals surface area contributed by atoms with Crippen molar-refractivity contribution in [3.63, 3.8) is 0 Å². The van der Waals surface area contributed by atoms with Gasteiger partial charge in [-0.3, -0.25) is 4.79 Å². The average molecular weight is 320 g/mol. The van der Waals surface area contributed by atoms with Crippen molar-refractivity contribution in [2.24, 2.45) is 0 Å². The van der Waals surface area contributed by atoms with Gasteiger partial charge in [0, 0.05) is 23.2 Å². The molecular formula is C17H18ClNO3. The Labute approximate surface area is 135 Å². The van der Waals surface area contributed by atoms with Gasteiger partial charge in [0.25, 0.3) is 5.91 Å². The quantitative estimate of drug-likeness (QED) is 0.888. The topological polar surface area (TPSA) is 47.6 Å². The molecule has 1 amide bonds. The molecule has 0 bridgehead atoms. The molecule has 0 fully saturated rings. The Morgan fingerprint density at radius 3 is 2.36 bits per heavy atom. The Balaban J connectivity index is 1.97. The van der Waals surface area contributed by atoms with Crippen molar-refractivity contribution in [2.75, 3.05) is 20.8 Å². The molecular weight excluding hydrogens is 302 g/mol. The van der Waals surface area contributed by atoms with E-state index in [1.165, 1.54) is 0 Å². The van der Waals surface area contributed by atoms with Gasteiger partial charge in [-0.05, 0) is 36.2 Å². The molecule has 1 N–H and O–H groups in total. The zero-order chi connectivity index (χ0) is 15.9. The number of halogens is 1. The Morgan fingerprint density at radius 2 is 1.77 bits per heavy atom. The van der Waals surface area contributed by atoms with Crippen molar-refractivity contribution in [2.45, 2.75) is 6.42 Å². The van der Waals surface area contributed by atoms with Crippen LogP contribution in [-0.4, -0.2) is 26.7 Å². The lowest BCUT2D eigenvalue weighted by Gasteiger charge is -2.09. The molecule has 22 heavy (non-hydrogen) atoms. The van der Waals surface area contributed by atoms with Crippen LogP contribution in [0.1, 0.15) is 15.9 Å². The maximum absolute atomic E-state index is 12.2. The normalized spacial score (nSPS) is 10.1. The minimum atomic E-state index is -0.167. The van der Waals surface area contributed by atoms with Gasteiger partial charge in [-0.15, -0.1) is 0 Å². The van der Waals surface area contributed by atoms with Crippen molar-refractivity contribution < 1.29 is 14.3 Å². The number of benzene rings is 2. The van der Waals surface area contributed by atoms with E-state index in [1.807, 2.05) is 24.3 Å². The largest absolute Gasteiger partial charge is 0.497 e. The third-order valence-electron chi connectivity index (χ3n) is 3.20. The second kappa shape index (κ2) is 7.71. The predicted octanol–water partition coefficient (Wildman–Crippen LogP) is 3.33. The number of carbonyl (C=O) groups excluding carboxylic acids is 1. The lowest BCUT2D eigenvalue weighted by molar-refractivity contribution is 0.0953. The fourth-order valence-electron chi connectivity index (χ4n) is 2.05. The molecule has 2 rings (SSSR count). The summed E-state index contributed by atoms with van der Waals surface area (Å²) in [5, 5.41) is 3.57. The van der Waals surface area contributed by atoms with E-state index in [9.17, 15) is 4.79 Å². The Bertz CT molecular complexity index is 636. The van der Waals surface area contributed by atoms with E-state index in [-0.39, 0.29) is 5.91 Å². The summed E-state index contributed by atoms with van der Waals surface area (Å²) in [6, 6.07) is 12.7. The Hall–Kier alpha value is -2.20. The number of ether oxygens (including phenoxy) is 2. The van der Waals surface area contributed by atoms with Gasteiger partial charge in [-0.25, -0.2) is 0 Å². The average Bonchev–Trinajstić information content (AvgIpc) is 2.54. The van der Waals surface area contributed by atoms with Crippen molar-refractivity contribution in [1.82, 2.24) is 5.32 Å². The van der Waals surface area contributed by atoms with Gasteiger partial charge in [0.1, 0.15) is 11.5 Å². The molecule has 0 unspecified atom stereocenters. The molecule has 0 aliphatic heterocycles. The first-order valence-corrected chi connectivity index (χ1v) is 7.26. The second-order valence-electron chi connectivity index (χ2n) is 4.74. The van der Waals surface area contributed by atoms with Crippen LogP contribution >= 0.6 is 11.6 Å². The smallest absolute Gasteiger partial charge is 0.251 e. The van der Waals surface area contributed by atoms with E-state index < -0.39 is 0 Å². The molecule has 2 aromatic carbocycles. The van der Waals surface area contributed by atoms with Crippen LogP contribution in [0.15, 0.2) is 42.5 Å². The van der Waals surface area contributed by atoms with Crippen LogP contribution < -0.4 is 14.8 Å². The number of carbonyl (C=O) groups is 1. The van der Waals surface area contributed by atoms with E-state index in [4.69, 9.17) is 21.1 Å². The van der Waals surface area contributed by atoms with E-state index in [1.54, 1.807) is 32.4 Å². The first-order chi connectivity index (χ1) is 10.6. The minimum Gasteiger partial charge on any atom is -0.497 e. The van der Waals surface area contributed by atoms with Gasteiger partial charge in [0.2, 0.25) is 0 Å². The third-order valence-corrected chi connectivity index (χ3v) is 3.44. The zero-order valence-electron chi connectivity index (χ0n) is 12.6. The van der Waals surface area contributed by atoms with Crippen molar-refractivity contribution in [3.05, 3.63) is 58.6 Å². The van der Waals surface area contributed by atoms with E-state index in [0.717, 1.165) is 5.56 Å². The highest BCUT2D eigenvalue weighted by Gasteiger charge is 2.09. The first-order valence-electron chi connectivity index (χ1n) is 6.88. The fourth-order valence-corrected chi connectivity index (χ4v) is 2.27. The molecule has 0 aliphatic carbocycles. The molecule has 5 heteroatoms. The van der Waals surface area contributed by atoms with Crippen LogP contribution in [0.5, 0.6) is 11.5 Å². The zero-order valence-corrected chi connectivity index (χ0v) is 13.3. The third kappa shape index (κ3) is 4.40. The summed E-state index contributed by atoms with van der Waals surface area (Å²) in [6.07, 6.45) is 0.716. The van der Waals surface area contributed by atoms with Crippen molar-refractivity contribution in [3.8, 4) is 11.5 Å². The van der Waals surface area contributed by atoms with Gasteiger partial charge < -0.3 is 14.8 Å². The first kappa shape index (κ1) is 16.2. The van der Waals surface area contributed by atoms with Crippen molar-refractivity contribution >= 4 is 17.5 Å². The molecule has 2 aromatic rings. The van der Waals surface area contributed by atoms with Crippen LogP contribution in [0.25, 0.3) is 0 Å². The predicted molar refractivity (Wildman–Crippen MR) is 87.0 cm³/mol. The van der Waals surface area contributed by atoms with Gasteiger partial charge >= 0.3 is 0 Å². The van der Waals surface area contributed by atoms with Gasteiger partial charge in [-0.2, -0.15) is 0 Å². The van der Waals surface area contributed by atoms with Crippen LogP contribution in [0.2, 0.25) is 5.02 Å². The SMILES string of the molecule is COc1cc(OC)cc(C(=O)NCCc2cccc(Cl)c2)c1. The summed E-state index contributed by atoms with van der Waals surface area (Å²) in [5.74, 6) is 0.998. The molecule has 0 radical (unpaired) electrons. The van der Waals surface area contributed by atoms with Crippen LogP contribution in [0.3, 0.4) is 0 Å². The Kier molecular flexibility index (Phi) is 5.67. The second-order valence-corrected chi connectivity index (χ2v) is 5.17. The number of nitrogens with one attached hydrogen (secondary N) is 1. The highest BCUT2D eigenvalue weighted by molar-refractivity contribution is 6.30. The molecule has 0 heterocycles. The standard InChI is InChI=1S/C17H18ClNO3/c1-21-15-9-13(10-16(11-15)22-2)17(20)19-7-6-12-4-3-5-14(18)8-12/h3-5,8-11H,6-7H2,1-2H3,(H,19,20). The fraction of sp³-hybridized carbons (Fsp3) is 0.235. The number of rotatable bonds is 6. The summed E-state index contributed by atoms with van der Waals surface area (Å²) in [4.78, 5) is 12.2. The molecule has 0 aliphatic rings. The summed E-state index contributed by atoms with van der Waals surface area (Å²) in [7, 11) is 3.10. The lowest BCUT2D eigenvalue weighted by Crippen LogP contribution is -2.25. The minimum absolute atomic E-state index is 0.167. The van der Waals surface area contributed by atoms with E-state index in [2.05, 4.69) is 5.32 Å². The number of hydrogen-bond acceptors (Lipinski definition) is 3. The molecule has 116 valence electrons. The molecule has 4 nitrogen and oxygen atoms in total. The van der Waals surface area contributed by atoms with Crippen LogP contribution in [-0.2, 0) is 6.42 Å². The van der Waals surface area contributed by atoms with Crippen molar-refractivity contribution in [1.29, 1.82) is 0 Å². The Morgan fingerprint density at radius 1 is 1.09 bits per heavy atom. The van der Waals surface area contributed by atoms with Gasteiger partial charge in [0.15, 0.2) is 0 Å². The van der Waals surface area contributed by atoms with Gasteiger partial charge in [0.05, 0.1) is 14.2 Å². The van der Waals surface area contributed by atoms with E-state index in [0.29, 0.717) is 35.1 Å². The van der Waals surface area contributed by atoms with Crippen LogP contribution in [0.4, 0.5) is 0 Å². The maximum Gasteiger partial charge on any atom is 0.251 e. The highest BCUT2D eigenvalue weighted by Crippen LogP contribution is 2.22. The van der Waals surface area contributed by atoms with Crippen LogP contribution in [0, 0.1) is 0 Å². The summed E-state index contributed by atoms with van der Waals surface area (Å²) >= 11 is 5.93. The summed E-state index contributed by atoms with van der Waals surface area (Å²) in [6.45, 7) is 0.526.